The van der Waals surface area contributed by atoms with E-state index in [1.54, 1.807) is 0 Å². The van der Waals surface area contributed by atoms with Gasteiger partial charge in [0.2, 0.25) is 17.3 Å². The van der Waals surface area contributed by atoms with Crippen molar-refractivity contribution >= 4 is 40.5 Å². The molecule has 8 heteroatoms. The molecule has 0 N–H and O–H groups in total. The highest BCUT2D eigenvalue weighted by atomic mass is 16.5. The SMILES string of the molecule is COC(=O)C1=C(C(=O)OC)C2(OC(=NC(C)(C)C)C1=NC(C)(C)C)C(=O)C(c1ccc(C)c(C)c1)=C2c1ccc(C)c(C)c1. The van der Waals surface area contributed by atoms with Gasteiger partial charge >= 0.3 is 11.9 Å². The van der Waals surface area contributed by atoms with Gasteiger partial charge in [0.25, 0.3) is 0 Å². The summed E-state index contributed by atoms with van der Waals surface area (Å²) in [7, 11) is 2.41. The number of Topliss-reactive ketones (excluding diaryl/α,β-unsaturated/α-hetero) is 1. The number of ketones is 1. The van der Waals surface area contributed by atoms with Crippen molar-refractivity contribution < 1.29 is 28.6 Å². The third kappa shape index (κ3) is 5.65. The summed E-state index contributed by atoms with van der Waals surface area (Å²) in [5, 5.41) is 0. The Labute approximate surface area is 259 Å². The van der Waals surface area contributed by atoms with Gasteiger partial charge in [-0.05, 0) is 103 Å². The zero-order valence-electron chi connectivity index (χ0n) is 27.8. The number of carbonyl (C=O) groups excluding carboxylic acids is 3. The van der Waals surface area contributed by atoms with Gasteiger partial charge in [-0.1, -0.05) is 36.4 Å². The van der Waals surface area contributed by atoms with E-state index in [-0.39, 0.29) is 22.8 Å². The summed E-state index contributed by atoms with van der Waals surface area (Å²) in [6.45, 7) is 19.1. The van der Waals surface area contributed by atoms with Gasteiger partial charge in [0, 0.05) is 11.1 Å². The molecule has 1 aliphatic heterocycles. The maximum atomic E-state index is 14.8. The minimum absolute atomic E-state index is 0.0252. The highest BCUT2D eigenvalue weighted by Gasteiger charge is 2.66. The fourth-order valence-corrected chi connectivity index (χ4v) is 5.38. The van der Waals surface area contributed by atoms with Crippen LogP contribution in [0.25, 0.3) is 11.1 Å². The van der Waals surface area contributed by atoms with Crippen LogP contribution < -0.4 is 0 Å². The molecule has 1 heterocycles. The minimum Gasteiger partial charge on any atom is -0.466 e. The number of nitrogens with zero attached hydrogens (tertiary/aromatic N) is 2. The molecule has 4 rings (SSSR count). The zero-order valence-corrected chi connectivity index (χ0v) is 27.8. The second-order valence-electron chi connectivity index (χ2n) is 13.4. The van der Waals surface area contributed by atoms with E-state index in [4.69, 9.17) is 24.2 Å². The van der Waals surface area contributed by atoms with Crippen LogP contribution in [0.5, 0.6) is 0 Å². The molecule has 1 aliphatic carbocycles. The van der Waals surface area contributed by atoms with Crippen LogP contribution in [0.3, 0.4) is 0 Å². The van der Waals surface area contributed by atoms with Gasteiger partial charge < -0.3 is 14.2 Å². The van der Waals surface area contributed by atoms with Crippen molar-refractivity contribution in [1.29, 1.82) is 0 Å². The van der Waals surface area contributed by atoms with Crippen molar-refractivity contribution in [2.75, 3.05) is 14.2 Å². The molecule has 0 aromatic heterocycles. The van der Waals surface area contributed by atoms with Crippen molar-refractivity contribution in [2.45, 2.75) is 85.9 Å². The predicted molar refractivity (Wildman–Crippen MR) is 173 cm³/mol. The zero-order chi connectivity index (χ0) is 32.9. The number of esters is 2. The molecular formula is C36H42N2O6. The Morgan fingerprint density at radius 2 is 1.23 bits per heavy atom. The van der Waals surface area contributed by atoms with Gasteiger partial charge in [0.15, 0.2) is 0 Å². The molecule has 1 spiro atoms. The number of hydrogen-bond acceptors (Lipinski definition) is 8. The number of aryl methyl sites for hydroxylation is 4. The Balaban J connectivity index is 2.27. The Hall–Kier alpha value is -4.33. The number of aliphatic imine (C=N–C) groups is 2. The molecule has 0 bridgehead atoms. The molecule has 8 nitrogen and oxygen atoms in total. The standard InChI is InChI=1S/C36H42N2O6/c1-19-13-15-23(17-21(19)3)25-27(24-16-14-20(2)22(4)18-24)36(30(25)39)28(33(41)43-12)26(32(40)42-11)29(37-34(5,6)7)31(44-36)38-35(8,9)10/h13-18H,1-12H3. The largest absolute Gasteiger partial charge is 0.466 e. The molecule has 0 radical (unpaired) electrons. The quantitative estimate of drug-likeness (QED) is 0.385. The normalized spacial score (nSPS) is 20.7. The van der Waals surface area contributed by atoms with Crippen molar-refractivity contribution in [3.8, 4) is 0 Å². The van der Waals surface area contributed by atoms with Crippen LogP contribution in [0.2, 0.25) is 0 Å². The Morgan fingerprint density at radius 3 is 1.70 bits per heavy atom. The number of methoxy groups -OCH3 is 2. The first-order valence-corrected chi connectivity index (χ1v) is 14.6. The second-order valence-corrected chi connectivity index (χ2v) is 13.4. The smallest absolute Gasteiger partial charge is 0.340 e. The van der Waals surface area contributed by atoms with Crippen LogP contribution in [0.4, 0.5) is 0 Å². The Kier molecular flexibility index (Phi) is 8.37. The summed E-state index contributed by atoms with van der Waals surface area (Å²) >= 11 is 0. The molecule has 1 unspecified atom stereocenters. The molecule has 44 heavy (non-hydrogen) atoms. The monoisotopic (exact) mass is 598 g/mol. The van der Waals surface area contributed by atoms with E-state index in [1.807, 2.05) is 106 Å². The molecule has 2 aromatic rings. The average molecular weight is 599 g/mol. The Bertz CT molecular complexity index is 1710. The van der Waals surface area contributed by atoms with Crippen LogP contribution in [0.1, 0.15) is 74.9 Å². The molecule has 232 valence electrons. The second kappa shape index (κ2) is 11.3. The molecule has 2 aromatic carbocycles. The summed E-state index contributed by atoms with van der Waals surface area (Å²) in [4.78, 5) is 52.0. The topological polar surface area (TPSA) is 104 Å². The first-order chi connectivity index (χ1) is 20.4. The third-order valence-corrected chi connectivity index (χ3v) is 7.69. The molecule has 0 saturated carbocycles. The van der Waals surface area contributed by atoms with Gasteiger partial charge in [-0.15, -0.1) is 0 Å². The summed E-state index contributed by atoms with van der Waals surface area (Å²) in [5.41, 5.74) is 2.33. The molecule has 0 saturated heterocycles. The van der Waals surface area contributed by atoms with Crippen molar-refractivity contribution in [3.05, 3.63) is 80.9 Å². The van der Waals surface area contributed by atoms with Crippen LogP contribution in [-0.4, -0.2) is 60.2 Å². The van der Waals surface area contributed by atoms with Gasteiger partial charge in [0.05, 0.1) is 25.3 Å². The van der Waals surface area contributed by atoms with E-state index in [2.05, 4.69) is 0 Å². The first-order valence-electron chi connectivity index (χ1n) is 14.6. The number of carbonyl (C=O) groups is 3. The lowest BCUT2D eigenvalue weighted by molar-refractivity contribution is -0.142. The first kappa shape index (κ1) is 32.6. The lowest BCUT2D eigenvalue weighted by Crippen LogP contribution is -2.60. The third-order valence-electron chi connectivity index (χ3n) is 7.69. The van der Waals surface area contributed by atoms with E-state index in [0.717, 1.165) is 22.3 Å². The highest BCUT2D eigenvalue weighted by Crippen LogP contribution is 2.56. The summed E-state index contributed by atoms with van der Waals surface area (Å²) in [6, 6.07) is 11.6. The van der Waals surface area contributed by atoms with Crippen LogP contribution in [0, 0.1) is 27.7 Å². The van der Waals surface area contributed by atoms with E-state index >= 15 is 0 Å². The van der Waals surface area contributed by atoms with E-state index in [9.17, 15) is 14.4 Å². The van der Waals surface area contributed by atoms with Crippen LogP contribution >= 0.6 is 0 Å². The van der Waals surface area contributed by atoms with Crippen molar-refractivity contribution in [2.24, 2.45) is 9.98 Å². The maximum absolute atomic E-state index is 14.8. The fourth-order valence-electron chi connectivity index (χ4n) is 5.38. The van der Waals surface area contributed by atoms with Gasteiger partial charge in [-0.25, -0.2) is 14.6 Å². The lowest BCUT2D eigenvalue weighted by Gasteiger charge is -2.48. The van der Waals surface area contributed by atoms with Gasteiger partial charge in [0.1, 0.15) is 16.9 Å². The molecule has 1 atom stereocenters. The van der Waals surface area contributed by atoms with Crippen LogP contribution in [-0.2, 0) is 28.6 Å². The van der Waals surface area contributed by atoms with Crippen molar-refractivity contribution in [3.63, 3.8) is 0 Å². The number of benzene rings is 2. The van der Waals surface area contributed by atoms with E-state index in [1.165, 1.54) is 14.2 Å². The van der Waals surface area contributed by atoms with Crippen LogP contribution in [0.15, 0.2) is 57.5 Å². The number of hydrogen-bond donors (Lipinski definition) is 0. The minimum atomic E-state index is -2.05. The Morgan fingerprint density at radius 1 is 0.727 bits per heavy atom. The van der Waals surface area contributed by atoms with Crippen molar-refractivity contribution in [1.82, 2.24) is 0 Å². The maximum Gasteiger partial charge on any atom is 0.340 e. The summed E-state index contributed by atoms with van der Waals surface area (Å²) < 4.78 is 17.2. The average Bonchev–Trinajstić information content (AvgIpc) is 2.92. The highest BCUT2D eigenvalue weighted by molar-refractivity contribution is 6.57. The fraction of sp³-hybridized carbons (Fsp3) is 0.417. The molecular weight excluding hydrogens is 556 g/mol. The number of ether oxygens (including phenoxy) is 3. The van der Waals surface area contributed by atoms with Gasteiger partial charge in [-0.3, -0.25) is 9.79 Å². The predicted octanol–water partition coefficient (Wildman–Crippen LogP) is 6.26. The molecule has 2 aliphatic rings. The molecule has 0 amide bonds. The van der Waals surface area contributed by atoms with E-state index < -0.39 is 34.4 Å². The lowest BCUT2D eigenvalue weighted by atomic mass is 9.61. The summed E-state index contributed by atoms with van der Waals surface area (Å²) in [6.07, 6.45) is 0. The number of rotatable bonds is 4. The van der Waals surface area contributed by atoms with E-state index in [0.29, 0.717) is 22.3 Å². The van der Waals surface area contributed by atoms with Gasteiger partial charge in [-0.2, -0.15) is 0 Å². The molecule has 0 fully saturated rings. The summed E-state index contributed by atoms with van der Waals surface area (Å²) in [5.74, 6) is -2.29.